The quantitative estimate of drug-likeness (QED) is 0.871. The van der Waals surface area contributed by atoms with E-state index in [0.717, 1.165) is 16.8 Å². The number of hydrogen-bond acceptors (Lipinski definition) is 3. The van der Waals surface area contributed by atoms with Crippen molar-refractivity contribution in [3.8, 4) is 0 Å². The van der Waals surface area contributed by atoms with Gasteiger partial charge in [0.2, 0.25) is 0 Å². The number of rotatable bonds is 4. The number of aliphatic hydroxyl groups excluding tert-OH is 1. The number of benzene rings is 1. The van der Waals surface area contributed by atoms with Crippen molar-refractivity contribution in [1.82, 2.24) is 9.97 Å². The molecule has 2 heterocycles. The Morgan fingerprint density at radius 3 is 2.67 bits per heavy atom. The lowest BCUT2D eigenvalue weighted by Gasteiger charge is -2.09. The molecule has 1 aliphatic rings. The van der Waals surface area contributed by atoms with Crippen LogP contribution in [0.2, 0.25) is 0 Å². The molecule has 0 fully saturated rings. The fourth-order valence-corrected chi connectivity index (χ4v) is 2.45. The van der Waals surface area contributed by atoms with Crippen LogP contribution in [0.4, 0.5) is 4.39 Å². The molecule has 5 heteroatoms. The number of aliphatic hydroxyl groups is 1. The van der Waals surface area contributed by atoms with Crippen LogP contribution >= 0.6 is 0 Å². The van der Waals surface area contributed by atoms with Crippen LogP contribution in [-0.2, 0) is 0 Å². The van der Waals surface area contributed by atoms with E-state index in [2.05, 4.69) is 9.97 Å². The summed E-state index contributed by atoms with van der Waals surface area (Å²) >= 11 is 0. The van der Waals surface area contributed by atoms with Crippen LogP contribution in [0.15, 0.2) is 49.1 Å². The van der Waals surface area contributed by atoms with E-state index in [1.54, 1.807) is 18.3 Å². The molecular formula is C16H15FN3O+. The van der Waals surface area contributed by atoms with Gasteiger partial charge in [-0.15, -0.1) is 0 Å². The molecule has 0 aliphatic carbocycles. The molecule has 2 aromatic rings. The SMILES string of the molecule is OCC[N+]1=CC(c2ccc(F)cc2)C(c2ccncn2)=C1. The van der Waals surface area contributed by atoms with Gasteiger partial charge in [-0.25, -0.2) is 18.9 Å². The first-order valence-electron chi connectivity index (χ1n) is 6.73. The van der Waals surface area contributed by atoms with Crippen LogP contribution in [0.5, 0.6) is 0 Å². The van der Waals surface area contributed by atoms with E-state index in [1.165, 1.54) is 18.5 Å². The van der Waals surface area contributed by atoms with Crippen molar-refractivity contribution >= 4 is 11.8 Å². The summed E-state index contributed by atoms with van der Waals surface area (Å²) in [6, 6.07) is 8.30. The van der Waals surface area contributed by atoms with Gasteiger partial charge in [0, 0.05) is 6.20 Å². The number of aromatic nitrogens is 2. The van der Waals surface area contributed by atoms with Gasteiger partial charge in [-0.2, -0.15) is 0 Å². The molecule has 1 aromatic carbocycles. The van der Waals surface area contributed by atoms with Crippen LogP contribution < -0.4 is 0 Å². The molecule has 0 bridgehead atoms. The summed E-state index contributed by atoms with van der Waals surface area (Å²) in [5, 5.41) is 9.11. The summed E-state index contributed by atoms with van der Waals surface area (Å²) in [5.41, 5.74) is 2.83. The summed E-state index contributed by atoms with van der Waals surface area (Å²) in [6.07, 6.45) is 7.18. The smallest absolute Gasteiger partial charge is 0.175 e. The predicted octanol–water partition coefficient (Wildman–Crippen LogP) is 1.83. The maximum absolute atomic E-state index is 13.1. The molecule has 1 unspecified atom stereocenters. The van der Waals surface area contributed by atoms with Gasteiger partial charge in [0.15, 0.2) is 19.0 Å². The average Bonchev–Trinajstić information content (AvgIpc) is 2.93. The van der Waals surface area contributed by atoms with Crippen LogP contribution in [0, 0.1) is 5.82 Å². The summed E-state index contributed by atoms with van der Waals surface area (Å²) in [5.74, 6) is -0.261. The Morgan fingerprint density at radius 1 is 1.19 bits per heavy atom. The Morgan fingerprint density at radius 2 is 2.00 bits per heavy atom. The predicted molar refractivity (Wildman–Crippen MR) is 77.4 cm³/mol. The maximum atomic E-state index is 13.1. The van der Waals surface area contributed by atoms with E-state index in [4.69, 9.17) is 5.11 Å². The molecule has 4 nitrogen and oxygen atoms in total. The van der Waals surface area contributed by atoms with Crippen LogP contribution in [0.25, 0.3) is 5.57 Å². The zero-order valence-corrected chi connectivity index (χ0v) is 11.4. The number of halogens is 1. The average molecular weight is 284 g/mol. The normalized spacial score (nSPS) is 17.5. The monoisotopic (exact) mass is 284 g/mol. The van der Waals surface area contributed by atoms with Crippen molar-refractivity contribution in [1.29, 1.82) is 0 Å². The zero-order chi connectivity index (χ0) is 14.7. The van der Waals surface area contributed by atoms with Crippen molar-refractivity contribution in [3.63, 3.8) is 0 Å². The minimum Gasteiger partial charge on any atom is -0.390 e. The number of β-amino-alcohol motifs (C(OH)–C–C–N with tert-alkyl or cyclic N) is 1. The second-order valence-electron chi connectivity index (χ2n) is 4.82. The first kappa shape index (κ1) is 13.6. The summed E-state index contributed by atoms with van der Waals surface area (Å²) in [4.78, 5) is 8.22. The van der Waals surface area contributed by atoms with E-state index >= 15 is 0 Å². The van der Waals surface area contributed by atoms with Crippen molar-refractivity contribution in [3.05, 3.63) is 66.1 Å². The second-order valence-corrected chi connectivity index (χ2v) is 4.82. The lowest BCUT2D eigenvalue weighted by molar-refractivity contribution is -0.452. The lowest BCUT2D eigenvalue weighted by atomic mass is 9.92. The molecule has 3 rings (SSSR count). The van der Waals surface area contributed by atoms with Gasteiger partial charge in [0.1, 0.15) is 18.8 Å². The third-order valence-electron chi connectivity index (χ3n) is 3.45. The largest absolute Gasteiger partial charge is 0.390 e. The highest BCUT2D eigenvalue weighted by atomic mass is 19.1. The minimum atomic E-state index is -0.253. The van der Waals surface area contributed by atoms with Gasteiger partial charge >= 0.3 is 0 Å². The number of allylic oxidation sites excluding steroid dienone is 1. The van der Waals surface area contributed by atoms with Crippen molar-refractivity contribution in [2.45, 2.75) is 5.92 Å². The topological polar surface area (TPSA) is 49.0 Å². The zero-order valence-electron chi connectivity index (χ0n) is 11.4. The fraction of sp³-hybridized carbons (Fsp3) is 0.188. The molecule has 0 saturated carbocycles. The Labute approximate surface area is 121 Å². The lowest BCUT2D eigenvalue weighted by Crippen LogP contribution is -2.10. The first-order chi connectivity index (χ1) is 10.3. The molecular weight excluding hydrogens is 269 g/mol. The molecule has 1 atom stereocenters. The third kappa shape index (κ3) is 2.87. The molecule has 0 saturated heterocycles. The van der Waals surface area contributed by atoms with E-state index in [1.807, 2.05) is 23.1 Å². The number of hydrogen-bond donors (Lipinski definition) is 1. The van der Waals surface area contributed by atoms with Crippen LogP contribution in [0.3, 0.4) is 0 Å². The molecule has 0 spiro atoms. The van der Waals surface area contributed by atoms with E-state index in [9.17, 15) is 4.39 Å². The molecule has 0 radical (unpaired) electrons. The summed E-state index contributed by atoms with van der Waals surface area (Å²) in [6.45, 7) is 0.590. The fourth-order valence-electron chi connectivity index (χ4n) is 2.45. The van der Waals surface area contributed by atoms with Gasteiger partial charge in [-0.05, 0) is 23.8 Å². The van der Waals surface area contributed by atoms with Gasteiger partial charge in [0.25, 0.3) is 0 Å². The van der Waals surface area contributed by atoms with Gasteiger partial charge in [-0.1, -0.05) is 12.1 Å². The Balaban J connectivity index is 2.00. The Hall–Kier alpha value is -2.40. The minimum absolute atomic E-state index is 0.00736. The molecule has 21 heavy (non-hydrogen) atoms. The highest BCUT2D eigenvalue weighted by Crippen LogP contribution is 2.32. The van der Waals surface area contributed by atoms with Gasteiger partial charge < -0.3 is 5.11 Å². The van der Waals surface area contributed by atoms with E-state index in [-0.39, 0.29) is 18.3 Å². The third-order valence-corrected chi connectivity index (χ3v) is 3.45. The highest BCUT2D eigenvalue weighted by molar-refractivity contribution is 5.88. The van der Waals surface area contributed by atoms with Crippen LogP contribution in [-0.4, -0.2) is 39.0 Å². The molecule has 1 aromatic heterocycles. The highest BCUT2D eigenvalue weighted by Gasteiger charge is 2.29. The Bertz CT molecular complexity index is 680. The van der Waals surface area contributed by atoms with Gasteiger partial charge in [0.05, 0.1) is 17.2 Å². The Kier molecular flexibility index (Phi) is 3.83. The maximum Gasteiger partial charge on any atom is 0.175 e. The van der Waals surface area contributed by atoms with Crippen molar-refractivity contribution in [2.75, 3.05) is 13.2 Å². The van der Waals surface area contributed by atoms with E-state index in [0.29, 0.717) is 6.54 Å². The number of nitrogens with zero attached hydrogens (tertiary/aromatic N) is 3. The molecule has 1 N–H and O–H groups in total. The van der Waals surface area contributed by atoms with Gasteiger partial charge in [-0.3, -0.25) is 0 Å². The molecule has 1 aliphatic heterocycles. The summed E-state index contributed by atoms with van der Waals surface area (Å²) in [7, 11) is 0. The molecule has 0 amide bonds. The van der Waals surface area contributed by atoms with Crippen LogP contribution in [0.1, 0.15) is 17.2 Å². The molecule has 106 valence electrons. The first-order valence-corrected chi connectivity index (χ1v) is 6.73. The van der Waals surface area contributed by atoms with E-state index < -0.39 is 0 Å². The second kappa shape index (κ2) is 5.93. The summed E-state index contributed by atoms with van der Waals surface area (Å²) < 4.78 is 15.0. The van der Waals surface area contributed by atoms with Crippen molar-refractivity contribution < 1.29 is 14.1 Å². The standard InChI is InChI=1S/C16H15FN3O/c17-13-3-1-12(2-4-13)14-9-20(7-8-21)10-15(14)16-5-6-18-11-19-16/h1-6,9-11,14,21H,7-8H2/q+1. The van der Waals surface area contributed by atoms with Crippen molar-refractivity contribution in [2.24, 2.45) is 0 Å².